The highest BCUT2D eigenvalue weighted by molar-refractivity contribution is 7.80. The van der Waals surface area contributed by atoms with E-state index in [1.54, 1.807) is 18.3 Å². The number of ether oxygens (including phenoxy) is 1. The van der Waals surface area contributed by atoms with E-state index in [-0.39, 0.29) is 17.9 Å². The average molecular weight is 535 g/mol. The summed E-state index contributed by atoms with van der Waals surface area (Å²) in [6.07, 6.45) is 1.80. The Hall–Kier alpha value is -4.49. The van der Waals surface area contributed by atoms with Gasteiger partial charge >= 0.3 is 0 Å². The predicted octanol–water partition coefficient (Wildman–Crippen LogP) is 7.60. The lowest BCUT2D eigenvalue weighted by molar-refractivity contribution is 0.482. The molecular formula is C32H27FN4OS. The quantitative estimate of drug-likeness (QED) is 0.227. The van der Waals surface area contributed by atoms with Crippen LogP contribution in [0.25, 0.3) is 5.69 Å². The zero-order chi connectivity index (χ0) is 26.9. The standard InChI is InChI=1S/C32H27FN4OS/c1-21-19-28(22(2)36(21)25-10-8-9-23(33)20-25)31-30(29-13-6-7-18-34-29)35-32(39)37(31)24-14-16-27(17-15-24)38-26-11-4-3-5-12-26/h3-20,30-31H,1-2H3,(H,35,39)/t30-,31+/m0/s1. The third-order valence-electron chi connectivity index (χ3n) is 7.05. The Labute approximate surface area is 232 Å². The lowest BCUT2D eigenvalue weighted by Gasteiger charge is -2.28. The van der Waals surface area contributed by atoms with E-state index in [0.717, 1.165) is 45.5 Å². The van der Waals surface area contributed by atoms with Crippen molar-refractivity contribution in [3.8, 4) is 17.2 Å². The monoisotopic (exact) mass is 534 g/mol. The van der Waals surface area contributed by atoms with Crippen molar-refractivity contribution < 1.29 is 9.13 Å². The highest BCUT2D eigenvalue weighted by Gasteiger charge is 2.42. The Bertz CT molecular complexity index is 1620. The first-order chi connectivity index (χ1) is 19.0. The minimum atomic E-state index is -0.268. The van der Waals surface area contributed by atoms with Gasteiger partial charge in [-0.1, -0.05) is 30.3 Å². The van der Waals surface area contributed by atoms with Crippen LogP contribution in [0.2, 0.25) is 0 Å². The maximum atomic E-state index is 14.1. The molecule has 0 unspecified atom stereocenters. The first-order valence-electron chi connectivity index (χ1n) is 12.8. The maximum Gasteiger partial charge on any atom is 0.174 e. The van der Waals surface area contributed by atoms with Gasteiger partial charge in [-0.05, 0) is 104 Å². The van der Waals surface area contributed by atoms with E-state index < -0.39 is 0 Å². The Kier molecular flexibility index (Phi) is 6.59. The third-order valence-corrected chi connectivity index (χ3v) is 7.36. The zero-order valence-electron chi connectivity index (χ0n) is 21.6. The molecule has 0 saturated carbocycles. The largest absolute Gasteiger partial charge is 0.457 e. The molecule has 5 aromatic rings. The second-order valence-electron chi connectivity index (χ2n) is 9.55. The summed E-state index contributed by atoms with van der Waals surface area (Å²) >= 11 is 5.91. The smallest absolute Gasteiger partial charge is 0.174 e. The lowest BCUT2D eigenvalue weighted by Crippen LogP contribution is -2.29. The number of para-hydroxylation sites is 1. The second-order valence-corrected chi connectivity index (χ2v) is 9.93. The van der Waals surface area contributed by atoms with Crippen LogP contribution in [0.4, 0.5) is 10.1 Å². The summed E-state index contributed by atoms with van der Waals surface area (Å²) in [7, 11) is 0. The van der Waals surface area contributed by atoms with Crippen LogP contribution in [-0.2, 0) is 0 Å². The summed E-state index contributed by atoms with van der Waals surface area (Å²) in [5, 5.41) is 4.13. The van der Waals surface area contributed by atoms with Crippen molar-refractivity contribution in [1.82, 2.24) is 14.9 Å². The number of thiocarbonyl (C=S) groups is 1. The van der Waals surface area contributed by atoms with E-state index in [1.807, 2.05) is 85.8 Å². The van der Waals surface area contributed by atoms with Crippen molar-refractivity contribution in [2.45, 2.75) is 25.9 Å². The predicted molar refractivity (Wildman–Crippen MR) is 156 cm³/mol. The van der Waals surface area contributed by atoms with Crippen LogP contribution >= 0.6 is 12.2 Å². The molecule has 1 saturated heterocycles. The van der Waals surface area contributed by atoms with Crippen LogP contribution in [0.1, 0.15) is 34.7 Å². The molecule has 1 aliphatic heterocycles. The molecule has 1 aliphatic rings. The number of nitrogens with one attached hydrogen (secondary N) is 1. The van der Waals surface area contributed by atoms with Crippen molar-refractivity contribution in [1.29, 1.82) is 0 Å². The Morgan fingerprint density at radius 2 is 1.56 bits per heavy atom. The fourth-order valence-electron chi connectivity index (χ4n) is 5.35. The molecule has 3 aromatic carbocycles. The number of rotatable bonds is 6. The van der Waals surface area contributed by atoms with Gasteiger partial charge in [0, 0.05) is 29.0 Å². The van der Waals surface area contributed by atoms with E-state index in [4.69, 9.17) is 17.0 Å². The van der Waals surface area contributed by atoms with Crippen LogP contribution in [-0.4, -0.2) is 14.7 Å². The van der Waals surface area contributed by atoms with Crippen LogP contribution in [0.5, 0.6) is 11.5 Å². The number of anilines is 1. The number of pyridine rings is 1. The molecule has 0 aliphatic carbocycles. The van der Waals surface area contributed by atoms with Crippen molar-refractivity contribution in [3.05, 3.63) is 138 Å². The molecule has 39 heavy (non-hydrogen) atoms. The SMILES string of the molecule is Cc1cc([C@@H]2[C@H](c3ccccn3)NC(=S)N2c2ccc(Oc3ccccc3)cc2)c(C)n1-c1cccc(F)c1. The minimum absolute atomic E-state index is 0.179. The molecule has 0 radical (unpaired) electrons. The third kappa shape index (κ3) is 4.77. The highest BCUT2D eigenvalue weighted by Crippen LogP contribution is 2.44. The summed E-state index contributed by atoms with van der Waals surface area (Å²) in [4.78, 5) is 6.80. The number of halogens is 1. The molecule has 1 fully saturated rings. The van der Waals surface area contributed by atoms with Gasteiger partial charge in [-0.15, -0.1) is 0 Å². The van der Waals surface area contributed by atoms with Crippen molar-refractivity contribution in [2.24, 2.45) is 0 Å². The summed E-state index contributed by atoms with van der Waals surface area (Å²) in [6, 6.07) is 32.0. The number of hydrogen-bond acceptors (Lipinski definition) is 3. The van der Waals surface area contributed by atoms with Crippen LogP contribution in [0, 0.1) is 19.7 Å². The van der Waals surface area contributed by atoms with Gasteiger partial charge in [-0.25, -0.2) is 4.39 Å². The van der Waals surface area contributed by atoms with Gasteiger partial charge in [0.2, 0.25) is 0 Å². The van der Waals surface area contributed by atoms with Crippen LogP contribution in [0.3, 0.4) is 0 Å². The van der Waals surface area contributed by atoms with Crippen molar-refractivity contribution in [3.63, 3.8) is 0 Å². The van der Waals surface area contributed by atoms with Gasteiger partial charge in [0.25, 0.3) is 0 Å². The maximum absolute atomic E-state index is 14.1. The first-order valence-corrected chi connectivity index (χ1v) is 13.2. The minimum Gasteiger partial charge on any atom is -0.457 e. The lowest BCUT2D eigenvalue weighted by atomic mass is 9.96. The van der Waals surface area contributed by atoms with Gasteiger partial charge in [-0.2, -0.15) is 0 Å². The Balaban J connectivity index is 1.42. The Morgan fingerprint density at radius 1 is 0.821 bits per heavy atom. The molecule has 3 heterocycles. The molecule has 0 amide bonds. The second kappa shape index (κ2) is 10.3. The number of benzene rings is 3. The normalized spacial score (nSPS) is 16.8. The molecule has 7 heteroatoms. The van der Waals surface area contributed by atoms with Crippen LogP contribution < -0.4 is 15.0 Å². The molecule has 2 atom stereocenters. The highest BCUT2D eigenvalue weighted by atomic mass is 32.1. The van der Waals surface area contributed by atoms with Gasteiger partial charge < -0.3 is 19.5 Å². The van der Waals surface area contributed by atoms with Crippen molar-refractivity contribution >= 4 is 23.0 Å². The number of nitrogens with zero attached hydrogens (tertiary/aromatic N) is 3. The summed E-state index contributed by atoms with van der Waals surface area (Å²) in [6.45, 7) is 4.11. The molecule has 1 N–H and O–H groups in total. The molecule has 2 aromatic heterocycles. The topological polar surface area (TPSA) is 42.3 Å². The van der Waals surface area contributed by atoms with Gasteiger partial charge in [0.1, 0.15) is 17.3 Å². The molecule has 6 rings (SSSR count). The fraction of sp³-hybridized carbons (Fsp3) is 0.125. The molecular weight excluding hydrogens is 507 g/mol. The average Bonchev–Trinajstić information content (AvgIpc) is 3.45. The Morgan fingerprint density at radius 3 is 2.28 bits per heavy atom. The summed E-state index contributed by atoms with van der Waals surface area (Å²) in [5.74, 6) is 1.25. The van der Waals surface area contributed by atoms with Crippen molar-refractivity contribution in [2.75, 3.05) is 4.90 Å². The molecule has 194 valence electrons. The molecule has 5 nitrogen and oxygen atoms in total. The number of aromatic nitrogens is 2. The number of hydrogen-bond donors (Lipinski definition) is 1. The van der Waals surface area contributed by atoms with Gasteiger partial charge in [0.05, 0.1) is 17.8 Å². The van der Waals surface area contributed by atoms with E-state index in [2.05, 4.69) is 32.8 Å². The molecule has 0 spiro atoms. The molecule has 0 bridgehead atoms. The van der Waals surface area contributed by atoms with E-state index >= 15 is 0 Å². The zero-order valence-corrected chi connectivity index (χ0v) is 22.4. The van der Waals surface area contributed by atoms with Crippen LogP contribution in [0.15, 0.2) is 109 Å². The summed E-state index contributed by atoms with van der Waals surface area (Å²) < 4.78 is 22.2. The fourth-order valence-corrected chi connectivity index (χ4v) is 5.69. The summed E-state index contributed by atoms with van der Waals surface area (Å²) in [5.41, 5.74) is 5.73. The van der Waals surface area contributed by atoms with E-state index in [0.29, 0.717) is 5.11 Å². The van der Waals surface area contributed by atoms with Gasteiger partial charge in [-0.3, -0.25) is 4.98 Å². The number of aryl methyl sites for hydroxylation is 1. The van der Waals surface area contributed by atoms with E-state index in [1.165, 1.54) is 6.07 Å². The van der Waals surface area contributed by atoms with E-state index in [9.17, 15) is 4.39 Å². The first kappa shape index (κ1) is 24.8. The van der Waals surface area contributed by atoms with Gasteiger partial charge in [0.15, 0.2) is 5.11 Å².